The van der Waals surface area contributed by atoms with E-state index in [2.05, 4.69) is 20.8 Å². The van der Waals surface area contributed by atoms with Gasteiger partial charge in [-0.05, 0) is 24.8 Å². The topological polar surface area (TPSA) is 84.0 Å². The molecule has 140 valence electrons. The van der Waals surface area contributed by atoms with E-state index in [4.69, 9.17) is 0 Å². The fourth-order valence-corrected chi connectivity index (χ4v) is 3.23. The highest BCUT2D eigenvalue weighted by Gasteiger charge is 2.25. The van der Waals surface area contributed by atoms with Gasteiger partial charge < -0.3 is 5.32 Å². The molecule has 0 spiro atoms. The van der Waals surface area contributed by atoms with Crippen LogP contribution in [-0.2, 0) is 9.59 Å². The largest absolute Gasteiger partial charge is 0.344 e. The molecule has 26 heavy (non-hydrogen) atoms. The predicted molar refractivity (Wildman–Crippen MR) is 105 cm³/mol. The molecular formula is C19H26N4O2S. The fourth-order valence-electron chi connectivity index (χ4n) is 2.49. The van der Waals surface area contributed by atoms with Gasteiger partial charge in [-0.3, -0.25) is 14.9 Å². The molecule has 1 aromatic carbocycles. The molecule has 0 aliphatic rings. The van der Waals surface area contributed by atoms with Crippen LogP contribution in [0.3, 0.4) is 0 Å². The lowest BCUT2D eigenvalue weighted by Crippen LogP contribution is -2.47. The van der Waals surface area contributed by atoms with Crippen LogP contribution in [0.4, 0.5) is 5.13 Å². The first-order valence-electron chi connectivity index (χ1n) is 8.77. The van der Waals surface area contributed by atoms with Gasteiger partial charge in [0.25, 0.3) is 0 Å². The van der Waals surface area contributed by atoms with Gasteiger partial charge in [-0.2, -0.15) is 0 Å². The van der Waals surface area contributed by atoms with Crippen LogP contribution in [0, 0.1) is 18.8 Å². The first-order chi connectivity index (χ1) is 12.3. The second-order valence-corrected chi connectivity index (χ2v) is 8.14. The molecule has 0 saturated carbocycles. The zero-order valence-electron chi connectivity index (χ0n) is 15.9. The van der Waals surface area contributed by atoms with Crippen LogP contribution in [0.1, 0.15) is 39.7 Å². The maximum absolute atomic E-state index is 12.6. The Morgan fingerprint density at radius 3 is 2.50 bits per heavy atom. The Labute approximate surface area is 158 Å². The number of rotatable bonds is 7. The molecule has 2 rings (SSSR count). The van der Waals surface area contributed by atoms with Crippen molar-refractivity contribution in [1.82, 2.24) is 15.5 Å². The van der Waals surface area contributed by atoms with Crippen LogP contribution in [0.5, 0.6) is 0 Å². The molecule has 0 bridgehead atoms. The first kappa shape index (κ1) is 20.0. The van der Waals surface area contributed by atoms with Crippen molar-refractivity contribution in [2.75, 3.05) is 5.32 Å². The number of nitrogens with zero attached hydrogens (tertiary/aromatic N) is 2. The third kappa shape index (κ3) is 5.62. The minimum Gasteiger partial charge on any atom is -0.344 e. The third-order valence-electron chi connectivity index (χ3n) is 3.78. The van der Waals surface area contributed by atoms with Crippen molar-refractivity contribution in [2.45, 2.75) is 47.1 Å². The van der Waals surface area contributed by atoms with Gasteiger partial charge in [0.15, 0.2) is 0 Å². The smallest absolute Gasteiger partial charge is 0.249 e. The second kappa shape index (κ2) is 8.89. The Morgan fingerprint density at radius 2 is 1.88 bits per heavy atom. The number of carbonyl (C=O) groups is 2. The summed E-state index contributed by atoms with van der Waals surface area (Å²) in [7, 11) is 0. The lowest BCUT2D eigenvalue weighted by molar-refractivity contribution is -0.127. The third-order valence-corrected chi connectivity index (χ3v) is 4.67. The normalized spacial score (nSPS) is 12.3. The van der Waals surface area contributed by atoms with Crippen LogP contribution in [0.25, 0.3) is 10.6 Å². The predicted octanol–water partition coefficient (Wildman–Crippen LogP) is 3.64. The summed E-state index contributed by atoms with van der Waals surface area (Å²) < 4.78 is 0. The van der Waals surface area contributed by atoms with E-state index in [1.807, 2.05) is 58.9 Å². The lowest BCUT2D eigenvalue weighted by Gasteiger charge is -2.21. The molecule has 2 amide bonds. The maximum Gasteiger partial charge on any atom is 0.249 e. The van der Waals surface area contributed by atoms with Crippen molar-refractivity contribution in [2.24, 2.45) is 11.8 Å². The van der Waals surface area contributed by atoms with E-state index in [1.54, 1.807) is 0 Å². The van der Waals surface area contributed by atoms with Crippen LogP contribution in [0.2, 0.25) is 0 Å². The minimum atomic E-state index is -0.604. The molecule has 0 fully saturated rings. The molecule has 1 unspecified atom stereocenters. The molecule has 7 heteroatoms. The molecule has 0 aliphatic heterocycles. The van der Waals surface area contributed by atoms with Crippen molar-refractivity contribution in [3.05, 3.63) is 29.8 Å². The number of benzene rings is 1. The highest BCUT2D eigenvalue weighted by molar-refractivity contribution is 7.18. The van der Waals surface area contributed by atoms with Gasteiger partial charge in [-0.1, -0.05) is 62.8 Å². The first-order valence-corrected chi connectivity index (χ1v) is 9.58. The summed E-state index contributed by atoms with van der Waals surface area (Å²) >= 11 is 1.31. The molecule has 0 saturated heterocycles. The van der Waals surface area contributed by atoms with Gasteiger partial charge in [0.1, 0.15) is 11.0 Å². The molecule has 1 atom stereocenters. The Bertz CT molecular complexity index is 770. The quantitative estimate of drug-likeness (QED) is 0.775. The average molecular weight is 375 g/mol. The van der Waals surface area contributed by atoms with Crippen molar-refractivity contribution >= 4 is 28.3 Å². The Balaban J connectivity index is 2.06. The van der Waals surface area contributed by atoms with Gasteiger partial charge in [-0.15, -0.1) is 10.2 Å². The average Bonchev–Trinajstić information content (AvgIpc) is 3.00. The number of aromatic nitrogens is 2. The molecule has 2 N–H and O–H groups in total. The van der Waals surface area contributed by atoms with Gasteiger partial charge in [0.05, 0.1) is 0 Å². The van der Waals surface area contributed by atoms with E-state index in [1.165, 1.54) is 11.3 Å². The van der Waals surface area contributed by atoms with Crippen molar-refractivity contribution < 1.29 is 9.59 Å². The second-order valence-electron chi connectivity index (χ2n) is 7.16. The zero-order valence-corrected chi connectivity index (χ0v) is 16.7. The van der Waals surface area contributed by atoms with Crippen LogP contribution in [-0.4, -0.2) is 28.1 Å². The maximum atomic E-state index is 12.6. The molecular weight excluding hydrogens is 348 g/mol. The number of aryl methyl sites for hydroxylation is 1. The van der Waals surface area contributed by atoms with E-state index in [9.17, 15) is 9.59 Å². The van der Waals surface area contributed by atoms with Gasteiger partial charge in [0, 0.05) is 12.0 Å². The summed E-state index contributed by atoms with van der Waals surface area (Å²) in [6, 6.07) is 7.36. The number of hydrogen-bond donors (Lipinski definition) is 2. The van der Waals surface area contributed by atoms with Crippen molar-refractivity contribution in [3.8, 4) is 10.6 Å². The summed E-state index contributed by atoms with van der Waals surface area (Å²) in [5.74, 6) is -0.184. The summed E-state index contributed by atoms with van der Waals surface area (Å²) in [4.78, 5) is 24.6. The summed E-state index contributed by atoms with van der Waals surface area (Å²) in [5, 5.41) is 15.0. The number of carbonyl (C=O) groups excluding carboxylic acids is 2. The monoisotopic (exact) mass is 374 g/mol. The Hall–Kier alpha value is -2.28. The molecule has 6 nitrogen and oxygen atoms in total. The van der Waals surface area contributed by atoms with Crippen LogP contribution in [0.15, 0.2) is 24.3 Å². The Morgan fingerprint density at radius 1 is 1.15 bits per heavy atom. The summed E-state index contributed by atoms with van der Waals surface area (Å²) in [6.07, 6.45) is 0.396. The summed E-state index contributed by atoms with van der Waals surface area (Å²) in [5.41, 5.74) is 2.10. The van der Waals surface area contributed by atoms with E-state index in [0.29, 0.717) is 11.6 Å². The van der Waals surface area contributed by atoms with Crippen molar-refractivity contribution in [1.29, 1.82) is 0 Å². The van der Waals surface area contributed by atoms with Gasteiger partial charge in [-0.25, -0.2) is 0 Å². The highest BCUT2D eigenvalue weighted by atomic mass is 32.1. The number of amides is 2. The van der Waals surface area contributed by atoms with E-state index in [0.717, 1.165) is 16.1 Å². The zero-order chi connectivity index (χ0) is 19.3. The SMILES string of the molecule is Cc1cccc(-c2nnc(NC(=O)C(NC(=O)CC(C)C)C(C)C)s2)c1. The lowest BCUT2D eigenvalue weighted by atomic mass is 10.0. The number of hydrogen-bond acceptors (Lipinski definition) is 5. The Kier molecular flexibility index (Phi) is 6.85. The van der Waals surface area contributed by atoms with Crippen LogP contribution >= 0.6 is 11.3 Å². The van der Waals surface area contributed by atoms with Crippen LogP contribution < -0.4 is 10.6 Å². The molecule has 1 aromatic heterocycles. The van der Waals surface area contributed by atoms with E-state index >= 15 is 0 Å². The minimum absolute atomic E-state index is 0.0322. The standard InChI is InChI=1S/C19H26N4O2S/c1-11(2)9-15(24)20-16(12(3)4)17(25)21-19-23-22-18(26-19)14-8-6-7-13(5)10-14/h6-8,10-12,16H,9H2,1-5H3,(H,20,24)(H,21,23,25). The number of anilines is 1. The van der Waals surface area contributed by atoms with Gasteiger partial charge in [0.2, 0.25) is 16.9 Å². The molecule has 2 aromatic rings. The van der Waals surface area contributed by atoms with Gasteiger partial charge >= 0.3 is 0 Å². The van der Waals surface area contributed by atoms with E-state index < -0.39 is 6.04 Å². The number of nitrogens with one attached hydrogen (secondary N) is 2. The molecule has 0 radical (unpaired) electrons. The van der Waals surface area contributed by atoms with E-state index in [-0.39, 0.29) is 23.7 Å². The fraction of sp³-hybridized carbons (Fsp3) is 0.474. The van der Waals surface area contributed by atoms with Crippen molar-refractivity contribution in [3.63, 3.8) is 0 Å². The highest BCUT2D eigenvalue weighted by Crippen LogP contribution is 2.27. The summed E-state index contributed by atoms with van der Waals surface area (Å²) in [6.45, 7) is 9.76. The molecule has 0 aliphatic carbocycles. The molecule has 1 heterocycles.